The van der Waals surface area contributed by atoms with Gasteiger partial charge in [0.2, 0.25) is 0 Å². The molecule has 2 nitrogen and oxygen atoms in total. The maximum Gasteiger partial charge on any atom is 0.193 e. The van der Waals surface area contributed by atoms with Gasteiger partial charge in [0, 0.05) is 23.4 Å². The van der Waals surface area contributed by atoms with E-state index in [1.165, 1.54) is 6.07 Å². The van der Waals surface area contributed by atoms with Gasteiger partial charge in [0.25, 0.3) is 0 Å². The Labute approximate surface area is 115 Å². The first kappa shape index (κ1) is 12.8. The number of ketones is 1. The van der Waals surface area contributed by atoms with Crippen LogP contribution in [-0.2, 0) is 6.42 Å². The lowest BCUT2D eigenvalue weighted by atomic mass is 9.96. The zero-order valence-corrected chi connectivity index (χ0v) is 10.7. The van der Waals surface area contributed by atoms with Crippen molar-refractivity contribution in [3.8, 4) is 0 Å². The third-order valence-electron chi connectivity index (χ3n) is 3.49. The van der Waals surface area contributed by atoms with Gasteiger partial charge in [-0.3, -0.25) is 4.79 Å². The molecule has 0 saturated heterocycles. The number of halogens is 2. The third-order valence-corrected chi connectivity index (χ3v) is 3.49. The van der Waals surface area contributed by atoms with E-state index in [0.29, 0.717) is 5.56 Å². The Kier molecular flexibility index (Phi) is 3.22. The van der Waals surface area contributed by atoms with Crippen molar-refractivity contribution in [2.75, 3.05) is 11.9 Å². The molecule has 1 aliphatic heterocycles. The lowest BCUT2D eigenvalue weighted by molar-refractivity contribution is 0.103. The molecule has 0 saturated carbocycles. The van der Waals surface area contributed by atoms with Gasteiger partial charge in [0.15, 0.2) is 17.4 Å². The summed E-state index contributed by atoms with van der Waals surface area (Å²) in [5.74, 6) is -2.25. The van der Waals surface area contributed by atoms with Crippen LogP contribution >= 0.6 is 0 Å². The number of hydrogen-bond donors (Lipinski definition) is 1. The van der Waals surface area contributed by atoms with E-state index in [1.807, 2.05) is 12.1 Å². The van der Waals surface area contributed by atoms with Gasteiger partial charge in [0.05, 0.1) is 0 Å². The smallest absolute Gasteiger partial charge is 0.193 e. The molecule has 4 heteroatoms. The van der Waals surface area contributed by atoms with Crippen molar-refractivity contribution < 1.29 is 13.6 Å². The average molecular weight is 273 g/mol. The number of anilines is 1. The molecule has 0 aromatic heterocycles. The molecule has 0 aliphatic carbocycles. The van der Waals surface area contributed by atoms with E-state index in [0.717, 1.165) is 42.8 Å². The van der Waals surface area contributed by atoms with Crippen LogP contribution in [0.15, 0.2) is 36.4 Å². The standard InChI is InChI=1S/C16H13F2NO/c17-13-5-3-12(9-14(13)18)16(20)11-4-6-15-10(8-11)2-1-7-19-15/h3-6,8-9,19H,1-2,7H2. The molecule has 0 fully saturated rings. The highest BCUT2D eigenvalue weighted by molar-refractivity contribution is 6.09. The van der Waals surface area contributed by atoms with Gasteiger partial charge in [0.1, 0.15) is 0 Å². The van der Waals surface area contributed by atoms with Gasteiger partial charge in [-0.1, -0.05) is 0 Å². The van der Waals surface area contributed by atoms with Crippen molar-refractivity contribution in [1.29, 1.82) is 0 Å². The summed E-state index contributed by atoms with van der Waals surface area (Å²) in [6.07, 6.45) is 1.94. The number of carbonyl (C=O) groups is 1. The monoisotopic (exact) mass is 273 g/mol. The summed E-state index contributed by atoms with van der Waals surface area (Å²) in [5.41, 5.74) is 2.79. The summed E-state index contributed by atoms with van der Waals surface area (Å²) in [4.78, 5) is 12.3. The predicted octanol–water partition coefficient (Wildman–Crippen LogP) is 3.55. The Bertz CT molecular complexity index is 682. The molecule has 0 unspecified atom stereocenters. The Morgan fingerprint density at radius 2 is 1.75 bits per heavy atom. The van der Waals surface area contributed by atoms with Crippen LogP contribution in [-0.4, -0.2) is 12.3 Å². The molecule has 1 aliphatic rings. The maximum absolute atomic E-state index is 13.2. The Balaban J connectivity index is 1.95. The van der Waals surface area contributed by atoms with Crippen LogP contribution in [0.3, 0.4) is 0 Å². The lowest BCUT2D eigenvalue weighted by Gasteiger charge is -2.18. The van der Waals surface area contributed by atoms with Crippen LogP contribution in [0.4, 0.5) is 14.5 Å². The van der Waals surface area contributed by atoms with Crippen molar-refractivity contribution >= 4 is 11.5 Å². The van der Waals surface area contributed by atoms with Gasteiger partial charge in [-0.15, -0.1) is 0 Å². The third kappa shape index (κ3) is 2.29. The molecule has 2 aromatic rings. The number of hydrogen-bond acceptors (Lipinski definition) is 2. The van der Waals surface area contributed by atoms with Crippen molar-refractivity contribution in [2.24, 2.45) is 0 Å². The molecule has 1 N–H and O–H groups in total. The Morgan fingerprint density at radius 3 is 2.55 bits per heavy atom. The molecular formula is C16H13F2NO. The first-order valence-corrected chi connectivity index (χ1v) is 6.52. The number of nitrogens with one attached hydrogen (secondary N) is 1. The van der Waals surface area contributed by atoms with Crippen LogP contribution in [0, 0.1) is 11.6 Å². The first-order chi connectivity index (χ1) is 9.65. The van der Waals surface area contributed by atoms with E-state index in [-0.39, 0.29) is 11.3 Å². The fraction of sp³-hybridized carbons (Fsp3) is 0.188. The van der Waals surface area contributed by atoms with Crippen molar-refractivity contribution in [1.82, 2.24) is 0 Å². The summed E-state index contributed by atoms with van der Waals surface area (Å²) in [7, 11) is 0. The highest BCUT2D eigenvalue weighted by Gasteiger charge is 2.15. The largest absolute Gasteiger partial charge is 0.385 e. The topological polar surface area (TPSA) is 29.1 Å². The van der Waals surface area contributed by atoms with E-state index in [4.69, 9.17) is 0 Å². The minimum atomic E-state index is -1.00. The number of benzene rings is 2. The molecule has 3 rings (SSSR count). The van der Waals surface area contributed by atoms with Crippen LogP contribution in [0.1, 0.15) is 27.9 Å². The quantitative estimate of drug-likeness (QED) is 0.848. The first-order valence-electron chi connectivity index (χ1n) is 6.52. The van der Waals surface area contributed by atoms with E-state index in [2.05, 4.69) is 5.32 Å². The minimum absolute atomic E-state index is 0.160. The highest BCUT2D eigenvalue weighted by Crippen LogP contribution is 2.24. The molecule has 2 aromatic carbocycles. The maximum atomic E-state index is 13.2. The second-order valence-corrected chi connectivity index (χ2v) is 4.86. The Hall–Kier alpha value is -2.23. The summed E-state index contributed by atoms with van der Waals surface area (Å²) >= 11 is 0. The summed E-state index contributed by atoms with van der Waals surface area (Å²) in [5, 5.41) is 3.26. The summed E-state index contributed by atoms with van der Waals surface area (Å²) in [6, 6.07) is 8.61. The normalized spacial score (nSPS) is 13.5. The van der Waals surface area contributed by atoms with E-state index in [1.54, 1.807) is 6.07 Å². The summed E-state index contributed by atoms with van der Waals surface area (Å²) < 4.78 is 26.1. The number of carbonyl (C=O) groups excluding carboxylic acids is 1. The molecular weight excluding hydrogens is 260 g/mol. The molecule has 0 spiro atoms. The van der Waals surface area contributed by atoms with E-state index in [9.17, 15) is 13.6 Å². The van der Waals surface area contributed by atoms with Crippen LogP contribution in [0.5, 0.6) is 0 Å². The summed E-state index contributed by atoms with van der Waals surface area (Å²) in [6.45, 7) is 0.934. The lowest BCUT2D eigenvalue weighted by Crippen LogP contribution is -2.13. The number of rotatable bonds is 2. The van der Waals surface area contributed by atoms with Crippen LogP contribution in [0.2, 0.25) is 0 Å². The average Bonchev–Trinajstić information content (AvgIpc) is 2.49. The SMILES string of the molecule is O=C(c1ccc(F)c(F)c1)c1ccc2c(c1)CCCN2. The molecule has 0 radical (unpaired) electrons. The zero-order valence-electron chi connectivity index (χ0n) is 10.7. The van der Waals surface area contributed by atoms with Gasteiger partial charge in [-0.2, -0.15) is 0 Å². The van der Waals surface area contributed by atoms with Gasteiger partial charge < -0.3 is 5.32 Å². The van der Waals surface area contributed by atoms with Crippen molar-refractivity contribution in [3.63, 3.8) is 0 Å². The van der Waals surface area contributed by atoms with Crippen molar-refractivity contribution in [2.45, 2.75) is 12.8 Å². The zero-order chi connectivity index (χ0) is 14.1. The molecule has 0 bridgehead atoms. The van der Waals surface area contributed by atoms with E-state index < -0.39 is 11.6 Å². The minimum Gasteiger partial charge on any atom is -0.385 e. The fourth-order valence-electron chi connectivity index (χ4n) is 2.42. The fourth-order valence-corrected chi connectivity index (χ4v) is 2.42. The van der Waals surface area contributed by atoms with Gasteiger partial charge in [-0.25, -0.2) is 8.78 Å². The van der Waals surface area contributed by atoms with Crippen molar-refractivity contribution in [3.05, 3.63) is 64.7 Å². The van der Waals surface area contributed by atoms with Crippen LogP contribution < -0.4 is 5.32 Å². The predicted molar refractivity (Wildman–Crippen MR) is 73.0 cm³/mol. The molecule has 102 valence electrons. The number of fused-ring (bicyclic) bond motifs is 1. The van der Waals surface area contributed by atoms with E-state index >= 15 is 0 Å². The Morgan fingerprint density at radius 1 is 1.00 bits per heavy atom. The molecule has 20 heavy (non-hydrogen) atoms. The molecule has 0 amide bonds. The highest BCUT2D eigenvalue weighted by atomic mass is 19.2. The molecule has 0 atom stereocenters. The van der Waals surface area contributed by atoms with Gasteiger partial charge >= 0.3 is 0 Å². The molecule has 1 heterocycles. The second-order valence-electron chi connectivity index (χ2n) is 4.86. The van der Waals surface area contributed by atoms with Crippen LogP contribution in [0.25, 0.3) is 0 Å². The second kappa shape index (κ2) is 5.04. The van der Waals surface area contributed by atoms with Gasteiger partial charge in [-0.05, 0) is 54.8 Å². The number of aryl methyl sites for hydroxylation is 1.